The molecular formula is C13H6BrClFN3O2. The molecule has 0 unspecified atom stereocenters. The molecule has 2 aromatic heterocycles. The van der Waals surface area contributed by atoms with Gasteiger partial charge in [0, 0.05) is 10.7 Å². The predicted octanol–water partition coefficient (Wildman–Crippen LogP) is 3.65. The Labute approximate surface area is 131 Å². The second-order valence-electron chi connectivity index (χ2n) is 4.20. The highest BCUT2D eigenvalue weighted by atomic mass is 79.9. The highest BCUT2D eigenvalue weighted by molar-refractivity contribution is 9.10. The lowest BCUT2D eigenvalue weighted by Crippen LogP contribution is -2.01. The van der Waals surface area contributed by atoms with Crippen molar-refractivity contribution in [3.05, 3.63) is 51.3 Å². The van der Waals surface area contributed by atoms with Gasteiger partial charge >= 0.3 is 5.97 Å². The standard InChI is InChI=1S/C13H6BrClFN3O2/c14-7-2-1-3-9(16)10(7)12-18-17-11-8(15)4-6(13(20)21)5-19(11)12/h1-5H,(H,20,21). The molecule has 1 N–H and O–H groups in total. The van der Waals surface area contributed by atoms with Gasteiger partial charge in [0.15, 0.2) is 11.5 Å². The molecule has 0 saturated carbocycles. The van der Waals surface area contributed by atoms with Crippen LogP contribution in [0.5, 0.6) is 0 Å². The molecule has 0 amide bonds. The van der Waals surface area contributed by atoms with Crippen molar-refractivity contribution in [1.82, 2.24) is 14.6 Å². The summed E-state index contributed by atoms with van der Waals surface area (Å²) in [6, 6.07) is 5.75. The number of hydrogen-bond acceptors (Lipinski definition) is 3. The molecule has 0 atom stereocenters. The van der Waals surface area contributed by atoms with Crippen molar-refractivity contribution in [2.45, 2.75) is 0 Å². The van der Waals surface area contributed by atoms with Crippen LogP contribution < -0.4 is 0 Å². The van der Waals surface area contributed by atoms with E-state index >= 15 is 0 Å². The van der Waals surface area contributed by atoms with Gasteiger partial charge in [0.05, 0.1) is 16.1 Å². The monoisotopic (exact) mass is 369 g/mol. The minimum atomic E-state index is -1.15. The molecule has 3 rings (SSSR count). The Balaban J connectivity index is 2.37. The number of rotatable bonds is 2. The maximum atomic E-state index is 14.0. The Morgan fingerprint density at radius 3 is 2.81 bits per heavy atom. The van der Waals surface area contributed by atoms with E-state index in [0.29, 0.717) is 4.47 Å². The summed E-state index contributed by atoms with van der Waals surface area (Å²) in [5.74, 6) is -1.48. The molecule has 0 aliphatic carbocycles. The highest BCUT2D eigenvalue weighted by Gasteiger charge is 2.18. The van der Waals surface area contributed by atoms with Crippen molar-refractivity contribution in [1.29, 1.82) is 0 Å². The zero-order chi connectivity index (χ0) is 15.1. The van der Waals surface area contributed by atoms with Gasteiger partial charge in [0.1, 0.15) is 5.82 Å². The summed E-state index contributed by atoms with van der Waals surface area (Å²) in [4.78, 5) is 11.1. The van der Waals surface area contributed by atoms with E-state index < -0.39 is 11.8 Å². The van der Waals surface area contributed by atoms with Crippen LogP contribution in [-0.2, 0) is 0 Å². The molecular weight excluding hydrogens is 365 g/mol. The number of fused-ring (bicyclic) bond motifs is 1. The average molecular weight is 371 g/mol. The summed E-state index contributed by atoms with van der Waals surface area (Å²) in [7, 11) is 0. The highest BCUT2D eigenvalue weighted by Crippen LogP contribution is 2.31. The van der Waals surface area contributed by atoms with E-state index in [0.717, 1.165) is 0 Å². The third-order valence-corrected chi connectivity index (χ3v) is 3.83. The fourth-order valence-corrected chi connectivity index (χ4v) is 2.72. The number of pyridine rings is 1. The molecule has 3 aromatic rings. The van der Waals surface area contributed by atoms with Gasteiger partial charge in [0.25, 0.3) is 0 Å². The topological polar surface area (TPSA) is 67.5 Å². The van der Waals surface area contributed by atoms with Crippen molar-refractivity contribution in [2.24, 2.45) is 0 Å². The molecule has 21 heavy (non-hydrogen) atoms. The fraction of sp³-hybridized carbons (Fsp3) is 0. The first kappa shape index (κ1) is 14.0. The van der Waals surface area contributed by atoms with Crippen LogP contribution in [0.25, 0.3) is 17.0 Å². The van der Waals surface area contributed by atoms with E-state index in [9.17, 15) is 9.18 Å². The lowest BCUT2D eigenvalue weighted by atomic mass is 10.2. The summed E-state index contributed by atoms with van der Waals surface area (Å²) in [6.45, 7) is 0. The molecule has 5 nitrogen and oxygen atoms in total. The number of hydrogen-bond donors (Lipinski definition) is 1. The number of halogens is 3. The summed E-state index contributed by atoms with van der Waals surface area (Å²) in [5.41, 5.74) is 0.399. The van der Waals surface area contributed by atoms with Crippen LogP contribution >= 0.6 is 27.5 Å². The Kier molecular flexibility index (Phi) is 3.38. The van der Waals surface area contributed by atoms with Crippen LogP contribution in [0.4, 0.5) is 4.39 Å². The Bertz CT molecular complexity index is 861. The number of carbonyl (C=O) groups is 1. The molecule has 0 aliphatic rings. The van der Waals surface area contributed by atoms with Crippen LogP contribution in [0.3, 0.4) is 0 Å². The van der Waals surface area contributed by atoms with E-state index in [-0.39, 0.29) is 27.6 Å². The molecule has 0 spiro atoms. The maximum absolute atomic E-state index is 14.0. The van der Waals surface area contributed by atoms with Gasteiger partial charge in [0.2, 0.25) is 0 Å². The van der Waals surface area contributed by atoms with Crippen LogP contribution in [0, 0.1) is 5.82 Å². The Hall–Kier alpha value is -1.99. The van der Waals surface area contributed by atoms with E-state index in [1.165, 1.54) is 22.7 Å². The lowest BCUT2D eigenvalue weighted by molar-refractivity contribution is 0.0696. The minimum absolute atomic E-state index is 0.0407. The van der Waals surface area contributed by atoms with Crippen LogP contribution in [0.15, 0.2) is 34.9 Å². The molecule has 0 bridgehead atoms. The van der Waals surface area contributed by atoms with Gasteiger partial charge in [-0.05, 0) is 34.1 Å². The maximum Gasteiger partial charge on any atom is 0.337 e. The zero-order valence-corrected chi connectivity index (χ0v) is 12.6. The molecule has 0 radical (unpaired) electrons. The third-order valence-electron chi connectivity index (χ3n) is 2.89. The lowest BCUT2D eigenvalue weighted by Gasteiger charge is -2.05. The molecule has 8 heteroatoms. The second kappa shape index (κ2) is 5.09. The van der Waals surface area contributed by atoms with Crippen LogP contribution in [-0.4, -0.2) is 25.7 Å². The second-order valence-corrected chi connectivity index (χ2v) is 5.46. The van der Waals surface area contributed by atoms with Gasteiger partial charge in [-0.1, -0.05) is 17.7 Å². The molecule has 1 aromatic carbocycles. The number of nitrogens with zero attached hydrogens (tertiary/aromatic N) is 3. The first-order valence-electron chi connectivity index (χ1n) is 5.71. The van der Waals surface area contributed by atoms with E-state index in [1.54, 1.807) is 12.1 Å². The normalized spacial score (nSPS) is 11.0. The quantitative estimate of drug-likeness (QED) is 0.748. The van der Waals surface area contributed by atoms with Gasteiger partial charge in [-0.15, -0.1) is 10.2 Å². The summed E-state index contributed by atoms with van der Waals surface area (Å²) in [5, 5.41) is 17.0. The number of aromatic carboxylic acids is 1. The first-order valence-corrected chi connectivity index (χ1v) is 6.88. The van der Waals surface area contributed by atoms with E-state index in [1.807, 2.05) is 0 Å². The summed E-state index contributed by atoms with van der Waals surface area (Å²) < 4.78 is 15.9. The van der Waals surface area contributed by atoms with Crippen molar-refractivity contribution < 1.29 is 14.3 Å². The Morgan fingerprint density at radius 1 is 1.38 bits per heavy atom. The number of aromatic nitrogens is 3. The largest absolute Gasteiger partial charge is 0.478 e. The van der Waals surface area contributed by atoms with Gasteiger partial charge < -0.3 is 5.11 Å². The zero-order valence-electron chi connectivity index (χ0n) is 10.2. The Morgan fingerprint density at radius 2 is 2.14 bits per heavy atom. The molecule has 0 saturated heterocycles. The van der Waals surface area contributed by atoms with Crippen LogP contribution in [0.1, 0.15) is 10.4 Å². The number of carboxylic acids is 1. The van der Waals surface area contributed by atoms with Crippen molar-refractivity contribution in [2.75, 3.05) is 0 Å². The van der Waals surface area contributed by atoms with E-state index in [2.05, 4.69) is 26.1 Å². The average Bonchev–Trinajstić information content (AvgIpc) is 2.83. The molecule has 0 fully saturated rings. The van der Waals surface area contributed by atoms with Crippen LogP contribution in [0.2, 0.25) is 5.02 Å². The van der Waals surface area contributed by atoms with Crippen molar-refractivity contribution in [3.63, 3.8) is 0 Å². The van der Waals surface area contributed by atoms with Crippen molar-refractivity contribution in [3.8, 4) is 11.4 Å². The predicted molar refractivity (Wildman–Crippen MR) is 78.1 cm³/mol. The molecule has 106 valence electrons. The minimum Gasteiger partial charge on any atom is -0.478 e. The van der Waals surface area contributed by atoms with Gasteiger partial charge in [-0.25, -0.2) is 9.18 Å². The van der Waals surface area contributed by atoms with Gasteiger partial charge in [-0.3, -0.25) is 4.40 Å². The fourth-order valence-electron chi connectivity index (χ4n) is 1.95. The van der Waals surface area contributed by atoms with E-state index in [4.69, 9.17) is 16.7 Å². The summed E-state index contributed by atoms with van der Waals surface area (Å²) in [6.07, 6.45) is 1.30. The third kappa shape index (κ3) is 2.28. The van der Waals surface area contributed by atoms with Gasteiger partial charge in [-0.2, -0.15) is 0 Å². The SMILES string of the molecule is O=C(O)c1cc(Cl)c2nnc(-c3c(F)cccc3Br)n2c1. The summed E-state index contributed by atoms with van der Waals surface area (Å²) >= 11 is 9.24. The number of benzene rings is 1. The number of carboxylic acid groups (broad SMARTS) is 1. The van der Waals surface area contributed by atoms with Crippen molar-refractivity contribution >= 4 is 39.1 Å². The molecule has 0 aliphatic heterocycles. The smallest absolute Gasteiger partial charge is 0.337 e. The first-order chi connectivity index (χ1) is 9.99. The molecule has 2 heterocycles.